The Bertz CT molecular complexity index is 327. The molecule has 1 aliphatic heterocycles. The van der Waals surface area contributed by atoms with Crippen molar-refractivity contribution in [1.29, 1.82) is 0 Å². The van der Waals surface area contributed by atoms with Gasteiger partial charge in [-0.1, -0.05) is 0 Å². The first kappa shape index (κ1) is 12.0. The number of likely N-dealkylation sites (N-methyl/N-ethyl adjacent to an activating group) is 1. The van der Waals surface area contributed by atoms with Gasteiger partial charge >= 0.3 is 0 Å². The normalized spacial score (nSPS) is 26.4. The largest absolute Gasteiger partial charge is 0.312 e. The predicted octanol–water partition coefficient (Wildman–Crippen LogP) is 1.68. The lowest BCUT2D eigenvalue weighted by Gasteiger charge is -2.13. The molecule has 90 valence electrons. The molecule has 2 rings (SSSR count). The van der Waals surface area contributed by atoms with E-state index in [1.165, 1.54) is 22.9 Å². The van der Waals surface area contributed by atoms with Crippen molar-refractivity contribution in [3.8, 4) is 0 Å². The highest BCUT2D eigenvalue weighted by Gasteiger charge is 2.25. The molecule has 0 aromatic carbocycles. The first-order valence-electron chi connectivity index (χ1n) is 6.00. The number of hydrogen-bond donors (Lipinski definition) is 1. The molecule has 2 unspecified atom stereocenters. The zero-order chi connectivity index (χ0) is 11.5. The molecule has 0 radical (unpaired) electrons. The van der Waals surface area contributed by atoms with E-state index in [1.54, 1.807) is 0 Å². The van der Waals surface area contributed by atoms with Crippen molar-refractivity contribution in [3.05, 3.63) is 16.1 Å². The van der Waals surface area contributed by atoms with E-state index in [0.717, 1.165) is 19.0 Å². The molecular weight excluding hydrogens is 218 g/mol. The van der Waals surface area contributed by atoms with Crippen LogP contribution in [0.15, 0.2) is 6.20 Å². The summed E-state index contributed by atoms with van der Waals surface area (Å²) in [5, 5.41) is 4.81. The molecule has 2 atom stereocenters. The van der Waals surface area contributed by atoms with Gasteiger partial charge in [-0.15, -0.1) is 11.3 Å². The summed E-state index contributed by atoms with van der Waals surface area (Å²) in [6.07, 6.45) is 4.39. The lowest BCUT2D eigenvalue weighted by molar-refractivity contribution is 0.327. The molecule has 2 heterocycles. The lowest BCUT2D eigenvalue weighted by atomic mass is 10.2. The molecule has 0 bridgehead atoms. The number of aromatic nitrogens is 1. The molecule has 1 aliphatic rings. The van der Waals surface area contributed by atoms with E-state index in [0.29, 0.717) is 6.04 Å². The number of nitrogens with one attached hydrogen (secondary N) is 1. The van der Waals surface area contributed by atoms with E-state index in [1.807, 2.05) is 17.5 Å². The zero-order valence-corrected chi connectivity index (χ0v) is 11.2. The van der Waals surface area contributed by atoms with Crippen molar-refractivity contribution in [2.24, 2.45) is 0 Å². The minimum absolute atomic E-state index is 0.675. The number of nitrogens with zero attached hydrogens (tertiary/aromatic N) is 2. The molecule has 1 aromatic rings. The molecule has 1 saturated heterocycles. The summed E-state index contributed by atoms with van der Waals surface area (Å²) < 4.78 is 0. The molecule has 0 amide bonds. The summed E-state index contributed by atoms with van der Waals surface area (Å²) in [7, 11) is 2.21. The summed E-state index contributed by atoms with van der Waals surface area (Å²) >= 11 is 1.81. The van der Waals surface area contributed by atoms with Gasteiger partial charge < -0.3 is 10.2 Å². The van der Waals surface area contributed by atoms with Crippen molar-refractivity contribution < 1.29 is 0 Å². The maximum absolute atomic E-state index is 4.27. The second kappa shape index (κ2) is 5.25. The van der Waals surface area contributed by atoms with Gasteiger partial charge in [-0.25, -0.2) is 4.98 Å². The quantitative estimate of drug-likeness (QED) is 0.866. The van der Waals surface area contributed by atoms with Gasteiger partial charge in [0.25, 0.3) is 0 Å². The SMILES string of the molecule is Cc1ncc(CCNC2CC(C)N(C)C2)s1. The summed E-state index contributed by atoms with van der Waals surface area (Å²) in [5.74, 6) is 0. The van der Waals surface area contributed by atoms with E-state index in [-0.39, 0.29) is 0 Å². The second-order valence-corrected chi connectivity index (χ2v) is 6.09. The molecule has 1 fully saturated rings. The fourth-order valence-electron chi connectivity index (χ4n) is 2.26. The third-order valence-electron chi connectivity index (χ3n) is 3.36. The Kier molecular flexibility index (Phi) is 3.95. The molecule has 3 nitrogen and oxygen atoms in total. The summed E-state index contributed by atoms with van der Waals surface area (Å²) in [4.78, 5) is 8.09. The van der Waals surface area contributed by atoms with Gasteiger partial charge in [0.1, 0.15) is 0 Å². The average molecular weight is 239 g/mol. The van der Waals surface area contributed by atoms with Crippen molar-refractivity contribution >= 4 is 11.3 Å². The van der Waals surface area contributed by atoms with Crippen LogP contribution in [0.5, 0.6) is 0 Å². The molecule has 0 saturated carbocycles. The molecule has 0 spiro atoms. The van der Waals surface area contributed by atoms with Gasteiger partial charge in [-0.2, -0.15) is 0 Å². The van der Waals surface area contributed by atoms with Crippen LogP contribution in [0.4, 0.5) is 0 Å². The lowest BCUT2D eigenvalue weighted by Crippen LogP contribution is -2.32. The standard InChI is InChI=1S/C12H21N3S/c1-9-6-11(8-15(9)3)13-5-4-12-7-14-10(2)16-12/h7,9,11,13H,4-6,8H2,1-3H3. The number of aryl methyl sites for hydroxylation is 1. The van der Waals surface area contributed by atoms with Crippen LogP contribution in [0.2, 0.25) is 0 Å². The van der Waals surface area contributed by atoms with Gasteiger partial charge in [-0.3, -0.25) is 0 Å². The Morgan fingerprint density at radius 1 is 1.62 bits per heavy atom. The van der Waals surface area contributed by atoms with Crippen molar-refractivity contribution in [2.45, 2.75) is 38.8 Å². The zero-order valence-electron chi connectivity index (χ0n) is 10.4. The van der Waals surface area contributed by atoms with E-state index < -0.39 is 0 Å². The van der Waals surface area contributed by atoms with Crippen LogP contribution in [0.1, 0.15) is 23.2 Å². The summed E-state index contributed by atoms with van der Waals surface area (Å²) in [6, 6.07) is 1.40. The Balaban J connectivity index is 1.69. The average Bonchev–Trinajstić information content (AvgIpc) is 2.75. The summed E-state index contributed by atoms with van der Waals surface area (Å²) in [5.41, 5.74) is 0. The maximum atomic E-state index is 4.27. The van der Waals surface area contributed by atoms with Crippen molar-refractivity contribution in [1.82, 2.24) is 15.2 Å². The molecule has 1 N–H and O–H groups in total. The minimum atomic E-state index is 0.675. The van der Waals surface area contributed by atoms with Crippen LogP contribution in [0.25, 0.3) is 0 Å². The van der Waals surface area contributed by atoms with E-state index >= 15 is 0 Å². The van der Waals surface area contributed by atoms with Crippen LogP contribution < -0.4 is 5.32 Å². The third-order valence-corrected chi connectivity index (χ3v) is 4.33. The number of rotatable bonds is 4. The second-order valence-electron chi connectivity index (χ2n) is 4.77. The minimum Gasteiger partial charge on any atom is -0.312 e. The van der Waals surface area contributed by atoms with E-state index in [2.05, 4.69) is 36.1 Å². The Labute approximate surface area is 102 Å². The third kappa shape index (κ3) is 3.03. The summed E-state index contributed by atoms with van der Waals surface area (Å²) in [6.45, 7) is 6.62. The highest BCUT2D eigenvalue weighted by Crippen LogP contribution is 2.15. The smallest absolute Gasteiger partial charge is 0.0896 e. The molecule has 1 aromatic heterocycles. The number of likely N-dealkylation sites (tertiary alicyclic amines) is 1. The Morgan fingerprint density at radius 2 is 2.44 bits per heavy atom. The van der Waals surface area contributed by atoms with Crippen LogP contribution >= 0.6 is 11.3 Å². The van der Waals surface area contributed by atoms with Crippen LogP contribution in [-0.2, 0) is 6.42 Å². The molecule has 4 heteroatoms. The van der Waals surface area contributed by atoms with Gasteiger partial charge in [0.15, 0.2) is 0 Å². The fourth-order valence-corrected chi connectivity index (χ4v) is 3.06. The first-order chi connectivity index (χ1) is 7.65. The number of thiazole rings is 1. The maximum Gasteiger partial charge on any atom is 0.0896 e. The topological polar surface area (TPSA) is 28.2 Å². The van der Waals surface area contributed by atoms with Crippen molar-refractivity contribution in [2.75, 3.05) is 20.1 Å². The highest BCUT2D eigenvalue weighted by atomic mass is 32.1. The van der Waals surface area contributed by atoms with Crippen LogP contribution in [0.3, 0.4) is 0 Å². The monoisotopic (exact) mass is 239 g/mol. The predicted molar refractivity (Wildman–Crippen MR) is 69.1 cm³/mol. The van der Waals surface area contributed by atoms with Crippen molar-refractivity contribution in [3.63, 3.8) is 0 Å². The van der Waals surface area contributed by atoms with Crippen LogP contribution in [-0.4, -0.2) is 42.1 Å². The highest BCUT2D eigenvalue weighted by molar-refractivity contribution is 7.11. The Hall–Kier alpha value is -0.450. The van der Waals surface area contributed by atoms with Gasteiger partial charge in [0.05, 0.1) is 5.01 Å². The molecular formula is C12H21N3S. The first-order valence-corrected chi connectivity index (χ1v) is 6.81. The fraction of sp³-hybridized carbons (Fsp3) is 0.750. The Morgan fingerprint density at radius 3 is 3.00 bits per heavy atom. The van der Waals surface area contributed by atoms with Gasteiger partial charge in [0, 0.05) is 36.2 Å². The molecule has 0 aliphatic carbocycles. The number of hydrogen-bond acceptors (Lipinski definition) is 4. The van der Waals surface area contributed by atoms with E-state index in [4.69, 9.17) is 0 Å². The van der Waals surface area contributed by atoms with E-state index in [9.17, 15) is 0 Å². The van der Waals surface area contributed by atoms with Crippen LogP contribution in [0, 0.1) is 6.92 Å². The van der Waals surface area contributed by atoms with Gasteiger partial charge in [0.2, 0.25) is 0 Å². The molecule has 16 heavy (non-hydrogen) atoms. The van der Waals surface area contributed by atoms with Gasteiger partial charge in [-0.05, 0) is 33.7 Å².